The third kappa shape index (κ3) is 5.25. The van der Waals surface area contributed by atoms with Crippen LogP contribution in [-0.2, 0) is 21.2 Å². The Morgan fingerprint density at radius 2 is 1.79 bits per heavy atom. The van der Waals surface area contributed by atoms with E-state index < -0.39 is 16.1 Å². The van der Waals surface area contributed by atoms with Gasteiger partial charge in [-0.05, 0) is 55.2 Å². The van der Waals surface area contributed by atoms with Crippen LogP contribution in [0.2, 0.25) is 0 Å². The number of rotatable bonds is 8. The van der Waals surface area contributed by atoms with Gasteiger partial charge < -0.3 is 10.1 Å². The number of para-hydroxylation sites is 1. The number of sulfonamides is 1. The molecule has 0 saturated carbocycles. The van der Waals surface area contributed by atoms with Crippen LogP contribution < -0.4 is 14.4 Å². The van der Waals surface area contributed by atoms with Crippen LogP contribution in [0, 0.1) is 6.92 Å². The molecule has 0 aromatic heterocycles. The van der Waals surface area contributed by atoms with Crippen molar-refractivity contribution in [1.82, 2.24) is 0 Å². The molecule has 6 nitrogen and oxygen atoms in total. The Kier molecular flexibility index (Phi) is 7.07. The third-order valence-corrected chi connectivity index (χ3v) is 5.83. The lowest BCUT2D eigenvalue weighted by atomic mass is 10.1. The van der Waals surface area contributed by atoms with Gasteiger partial charge in [-0.15, -0.1) is 0 Å². The minimum Gasteiger partial charge on any atom is -0.481 e. The highest BCUT2D eigenvalue weighted by atomic mass is 32.2. The normalized spacial score (nSPS) is 12.3. The molecule has 1 amide bonds. The summed E-state index contributed by atoms with van der Waals surface area (Å²) in [7, 11) is -1.84. The lowest BCUT2D eigenvalue weighted by molar-refractivity contribution is -0.122. The number of benzene rings is 2. The molecule has 0 bridgehead atoms. The predicted molar refractivity (Wildman–Crippen MR) is 114 cm³/mol. The van der Waals surface area contributed by atoms with E-state index in [-0.39, 0.29) is 5.91 Å². The Bertz CT molecular complexity index is 924. The Labute approximate surface area is 167 Å². The summed E-state index contributed by atoms with van der Waals surface area (Å²) in [5.41, 5.74) is 3.45. The summed E-state index contributed by atoms with van der Waals surface area (Å²) in [6, 6.07) is 12.6. The van der Waals surface area contributed by atoms with Crippen molar-refractivity contribution in [3.05, 3.63) is 53.6 Å². The van der Waals surface area contributed by atoms with Gasteiger partial charge in [0.15, 0.2) is 6.10 Å². The zero-order chi connectivity index (χ0) is 20.9. The van der Waals surface area contributed by atoms with Crippen molar-refractivity contribution in [2.24, 2.45) is 0 Å². The van der Waals surface area contributed by atoms with Crippen molar-refractivity contribution in [2.45, 2.75) is 39.7 Å². The summed E-state index contributed by atoms with van der Waals surface area (Å²) in [6.07, 6.45) is 1.82. The van der Waals surface area contributed by atoms with Gasteiger partial charge in [0.2, 0.25) is 10.0 Å². The van der Waals surface area contributed by atoms with E-state index in [2.05, 4.69) is 5.32 Å². The second kappa shape index (κ2) is 9.10. The molecule has 28 heavy (non-hydrogen) atoms. The van der Waals surface area contributed by atoms with E-state index in [0.29, 0.717) is 17.9 Å². The topological polar surface area (TPSA) is 75.7 Å². The van der Waals surface area contributed by atoms with Crippen LogP contribution in [0.5, 0.6) is 5.75 Å². The summed E-state index contributed by atoms with van der Waals surface area (Å²) in [6.45, 7) is 5.90. The number of nitrogens with zero attached hydrogens (tertiary/aromatic N) is 1. The van der Waals surface area contributed by atoms with Gasteiger partial charge in [0.25, 0.3) is 5.91 Å². The zero-order valence-corrected chi connectivity index (χ0v) is 17.8. The van der Waals surface area contributed by atoms with Gasteiger partial charge in [-0.25, -0.2) is 8.42 Å². The van der Waals surface area contributed by atoms with E-state index in [4.69, 9.17) is 4.74 Å². The maximum atomic E-state index is 12.8. The van der Waals surface area contributed by atoms with E-state index in [9.17, 15) is 13.2 Å². The number of amides is 1. The fourth-order valence-corrected chi connectivity index (χ4v) is 3.32. The summed E-state index contributed by atoms with van der Waals surface area (Å²) < 4.78 is 30.3. The van der Waals surface area contributed by atoms with Gasteiger partial charge in [-0.1, -0.05) is 32.0 Å². The number of hydrogen-bond donors (Lipinski definition) is 1. The van der Waals surface area contributed by atoms with Gasteiger partial charge in [0.1, 0.15) is 5.75 Å². The van der Waals surface area contributed by atoms with E-state index in [1.807, 2.05) is 39.0 Å². The minimum atomic E-state index is -3.33. The smallest absolute Gasteiger partial charge is 0.265 e. The van der Waals surface area contributed by atoms with E-state index in [1.165, 1.54) is 11.4 Å². The first-order valence-corrected chi connectivity index (χ1v) is 11.1. The van der Waals surface area contributed by atoms with Crippen molar-refractivity contribution < 1.29 is 17.9 Å². The lowest BCUT2D eigenvalue weighted by Gasteiger charge is -2.20. The first-order valence-electron chi connectivity index (χ1n) is 9.27. The van der Waals surface area contributed by atoms with Crippen LogP contribution in [0.25, 0.3) is 0 Å². The van der Waals surface area contributed by atoms with E-state index >= 15 is 0 Å². The molecule has 0 unspecified atom stereocenters. The van der Waals surface area contributed by atoms with E-state index in [1.54, 1.807) is 24.3 Å². The monoisotopic (exact) mass is 404 g/mol. The Hall–Kier alpha value is -2.54. The Balaban J connectivity index is 2.13. The molecular formula is C21H28N2O4S. The molecule has 2 aromatic carbocycles. The highest BCUT2D eigenvalue weighted by Gasteiger charge is 2.20. The van der Waals surface area contributed by atoms with Gasteiger partial charge >= 0.3 is 0 Å². The summed E-state index contributed by atoms with van der Waals surface area (Å²) in [5, 5.41) is 3.00. The summed E-state index contributed by atoms with van der Waals surface area (Å²) in [4.78, 5) is 12.8. The van der Waals surface area contributed by atoms with Crippen molar-refractivity contribution in [3.8, 4) is 5.75 Å². The minimum absolute atomic E-state index is 0.205. The molecule has 0 radical (unpaired) electrons. The third-order valence-electron chi connectivity index (χ3n) is 4.63. The first-order chi connectivity index (χ1) is 13.2. The number of aryl methyl sites for hydroxylation is 2. The van der Waals surface area contributed by atoms with Crippen molar-refractivity contribution >= 4 is 27.3 Å². The molecule has 152 valence electrons. The fourth-order valence-electron chi connectivity index (χ4n) is 2.82. The van der Waals surface area contributed by atoms with Crippen LogP contribution in [0.1, 0.15) is 31.4 Å². The Morgan fingerprint density at radius 1 is 1.14 bits per heavy atom. The highest BCUT2D eigenvalue weighted by molar-refractivity contribution is 7.92. The second-order valence-corrected chi connectivity index (χ2v) is 8.70. The molecule has 0 aliphatic carbocycles. The van der Waals surface area contributed by atoms with Crippen molar-refractivity contribution in [2.75, 3.05) is 22.9 Å². The number of carbonyl (C=O) groups excluding carboxylic acids is 1. The molecule has 1 N–H and O–H groups in total. The van der Waals surface area contributed by atoms with Gasteiger partial charge in [-0.3, -0.25) is 9.10 Å². The number of ether oxygens (including phenoxy) is 1. The lowest BCUT2D eigenvalue weighted by Crippen LogP contribution is -2.33. The highest BCUT2D eigenvalue weighted by Crippen LogP contribution is 2.24. The first kappa shape index (κ1) is 21.8. The van der Waals surface area contributed by atoms with Gasteiger partial charge in [0.05, 0.1) is 11.9 Å². The number of hydrogen-bond acceptors (Lipinski definition) is 4. The summed E-state index contributed by atoms with van der Waals surface area (Å²) in [5.74, 6) is 0.303. The number of nitrogens with one attached hydrogen (secondary N) is 1. The van der Waals surface area contributed by atoms with Crippen LogP contribution in [-0.4, -0.2) is 33.7 Å². The van der Waals surface area contributed by atoms with Crippen molar-refractivity contribution in [1.29, 1.82) is 0 Å². The van der Waals surface area contributed by atoms with Crippen LogP contribution in [0.4, 0.5) is 11.4 Å². The average Bonchev–Trinajstić information content (AvgIpc) is 2.66. The molecule has 0 aliphatic rings. The molecule has 1 atom stereocenters. The quantitative estimate of drug-likeness (QED) is 0.727. The van der Waals surface area contributed by atoms with Crippen molar-refractivity contribution in [3.63, 3.8) is 0 Å². The molecule has 0 fully saturated rings. The van der Waals surface area contributed by atoms with Gasteiger partial charge in [-0.2, -0.15) is 0 Å². The SMILES string of the molecule is CCc1cccc(C)c1NC(=O)[C@H](CC)Oc1ccc(N(C)S(C)(=O)=O)cc1. The number of carbonyl (C=O) groups is 1. The fraction of sp³-hybridized carbons (Fsp3) is 0.381. The maximum Gasteiger partial charge on any atom is 0.265 e. The molecule has 2 rings (SSSR count). The molecule has 0 heterocycles. The van der Waals surface area contributed by atoms with Crippen LogP contribution in [0.3, 0.4) is 0 Å². The molecule has 0 saturated heterocycles. The molecule has 7 heteroatoms. The van der Waals surface area contributed by atoms with Gasteiger partial charge in [0, 0.05) is 12.7 Å². The largest absolute Gasteiger partial charge is 0.481 e. The molecule has 0 spiro atoms. The van der Waals surface area contributed by atoms with Crippen LogP contribution >= 0.6 is 0 Å². The standard InChI is InChI=1S/C21H28N2O4S/c1-6-16-10-8-9-15(3)20(16)22-21(24)19(7-2)27-18-13-11-17(12-14-18)23(4)28(5,25)26/h8-14,19H,6-7H2,1-5H3,(H,22,24)/t19-/m0/s1. The maximum absolute atomic E-state index is 12.8. The molecular weight excluding hydrogens is 376 g/mol. The van der Waals surface area contributed by atoms with E-state index in [0.717, 1.165) is 29.5 Å². The Morgan fingerprint density at radius 3 is 2.32 bits per heavy atom. The predicted octanol–water partition coefficient (Wildman–Crippen LogP) is 3.75. The van der Waals surface area contributed by atoms with Crippen LogP contribution in [0.15, 0.2) is 42.5 Å². The second-order valence-electron chi connectivity index (χ2n) is 6.69. The molecule has 0 aliphatic heterocycles. The number of anilines is 2. The molecule has 2 aromatic rings. The average molecular weight is 405 g/mol. The summed E-state index contributed by atoms with van der Waals surface area (Å²) >= 11 is 0. The zero-order valence-electron chi connectivity index (χ0n) is 17.0.